The molecule has 1 heterocycles. The number of carboxylic acid groups (broad SMARTS) is 1. The molecule has 1 N–H and O–H groups in total. The number of hydrogen-bond acceptors (Lipinski definition) is 5. The number of aliphatic carboxylic acids is 1. The highest BCUT2D eigenvalue weighted by atomic mass is 16.5. The quantitative estimate of drug-likeness (QED) is 0.687. The molecule has 0 saturated carbocycles. The van der Waals surface area contributed by atoms with Crippen molar-refractivity contribution in [1.29, 1.82) is 0 Å². The van der Waals surface area contributed by atoms with E-state index in [1.54, 1.807) is 26.5 Å². The summed E-state index contributed by atoms with van der Waals surface area (Å²) < 4.78 is 10.2. The van der Waals surface area contributed by atoms with Crippen LogP contribution in [0.25, 0.3) is 6.08 Å². The summed E-state index contributed by atoms with van der Waals surface area (Å²) in [6.45, 7) is 2.43. The van der Waals surface area contributed by atoms with Crippen LogP contribution in [-0.2, 0) is 14.3 Å². The molecule has 0 saturated heterocycles. The summed E-state index contributed by atoms with van der Waals surface area (Å²) in [6.07, 6.45) is 4.32. The topological polar surface area (TPSA) is 71.9 Å². The van der Waals surface area contributed by atoms with Gasteiger partial charge in [0.15, 0.2) is 0 Å². The molecule has 6 heteroatoms. The van der Waals surface area contributed by atoms with Crippen LogP contribution in [-0.4, -0.2) is 56.6 Å². The van der Waals surface area contributed by atoms with Gasteiger partial charge in [0.25, 0.3) is 0 Å². The van der Waals surface area contributed by atoms with E-state index >= 15 is 0 Å². The maximum absolute atomic E-state index is 10.6. The lowest BCUT2D eigenvalue weighted by molar-refractivity contribution is -0.131. The van der Waals surface area contributed by atoms with Gasteiger partial charge < -0.3 is 19.5 Å². The molecule has 20 heavy (non-hydrogen) atoms. The molecule has 1 aromatic heterocycles. The molecule has 1 aromatic rings. The fourth-order valence-corrected chi connectivity index (χ4v) is 1.69. The Bertz CT molecular complexity index is 441. The van der Waals surface area contributed by atoms with Crippen LogP contribution in [0.2, 0.25) is 0 Å². The van der Waals surface area contributed by atoms with Crippen molar-refractivity contribution in [1.82, 2.24) is 4.98 Å². The Kier molecular flexibility index (Phi) is 7.31. The number of aromatic nitrogens is 1. The Hall–Kier alpha value is -1.92. The van der Waals surface area contributed by atoms with E-state index in [2.05, 4.69) is 4.98 Å². The van der Waals surface area contributed by atoms with Gasteiger partial charge in [-0.2, -0.15) is 0 Å². The first-order valence-electron chi connectivity index (χ1n) is 6.28. The maximum atomic E-state index is 10.6. The standard InChI is InChI=1S/C14H20N2O4/c1-19-10-8-16(9-11-20-2)14-12(4-3-7-15-14)5-6-13(17)18/h3-7H,8-11H2,1-2H3,(H,17,18)/b6-5+. The van der Waals surface area contributed by atoms with E-state index < -0.39 is 5.97 Å². The predicted molar refractivity (Wildman–Crippen MR) is 76.9 cm³/mol. The van der Waals surface area contributed by atoms with E-state index in [1.807, 2.05) is 11.0 Å². The summed E-state index contributed by atoms with van der Waals surface area (Å²) in [5.41, 5.74) is 0.752. The lowest BCUT2D eigenvalue weighted by atomic mass is 10.2. The number of rotatable bonds is 9. The molecule has 0 bridgehead atoms. The summed E-state index contributed by atoms with van der Waals surface area (Å²) in [5.74, 6) is -0.265. The third kappa shape index (κ3) is 5.38. The molecule has 110 valence electrons. The van der Waals surface area contributed by atoms with Crippen molar-refractivity contribution in [2.45, 2.75) is 0 Å². The minimum Gasteiger partial charge on any atom is -0.478 e. The average molecular weight is 280 g/mol. The Balaban J connectivity index is 2.95. The SMILES string of the molecule is COCCN(CCOC)c1ncccc1/C=C/C(=O)O. The van der Waals surface area contributed by atoms with E-state index in [4.69, 9.17) is 14.6 Å². The summed E-state index contributed by atoms with van der Waals surface area (Å²) in [7, 11) is 3.27. The molecule has 0 unspecified atom stereocenters. The zero-order valence-electron chi connectivity index (χ0n) is 11.8. The third-order valence-corrected chi connectivity index (χ3v) is 2.65. The van der Waals surface area contributed by atoms with E-state index in [1.165, 1.54) is 6.08 Å². The van der Waals surface area contributed by atoms with Crippen molar-refractivity contribution in [2.75, 3.05) is 45.4 Å². The average Bonchev–Trinajstić information content (AvgIpc) is 2.46. The monoisotopic (exact) mass is 280 g/mol. The smallest absolute Gasteiger partial charge is 0.328 e. The lowest BCUT2D eigenvalue weighted by Crippen LogP contribution is -2.31. The van der Waals surface area contributed by atoms with Gasteiger partial charge in [-0.05, 0) is 18.2 Å². The van der Waals surface area contributed by atoms with E-state index in [0.717, 1.165) is 17.5 Å². The molecule has 0 aromatic carbocycles. The molecule has 0 atom stereocenters. The van der Waals surface area contributed by atoms with Crippen molar-refractivity contribution < 1.29 is 19.4 Å². The molecule has 0 aliphatic rings. The number of carbonyl (C=O) groups is 1. The zero-order chi connectivity index (χ0) is 14.8. The van der Waals surface area contributed by atoms with Crippen molar-refractivity contribution in [3.63, 3.8) is 0 Å². The molecule has 6 nitrogen and oxygen atoms in total. The second-order valence-electron chi connectivity index (χ2n) is 4.06. The van der Waals surface area contributed by atoms with Crippen LogP contribution in [0.4, 0.5) is 5.82 Å². The zero-order valence-corrected chi connectivity index (χ0v) is 11.8. The number of ether oxygens (including phenoxy) is 2. The summed E-state index contributed by atoms with van der Waals surface area (Å²) >= 11 is 0. The highest BCUT2D eigenvalue weighted by Crippen LogP contribution is 2.18. The van der Waals surface area contributed by atoms with Crippen LogP contribution in [0.3, 0.4) is 0 Å². The molecule has 0 aliphatic heterocycles. The van der Waals surface area contributed by atoms with Crippen molar-refractivity contribution >= 4 is 17.9 Å². The van der Waals surface area contributed by atoms with Crippen LogP contribution < -0.4 is 4.90 Å². The van der Waals surface area contributed by atoms with Gasteiger partial charge in [-0.3, -0.25) is 0 Å². The number of carboxylic acids is 1. The summed E-state index contributed by atoms with van der Waals surface area (Å²) in [4.78, 5) is 17.0. The maximum Gasteiger partial charge on any atom is 0.328 e. The first-order valence-corrected chi connectivity index (χ1v) is 6.28. The fraction of sp³-hybridized carbons (Fsp3) is 0.429. The van der Waals surface area contributed by atoms with E-state index in [-0.39, 0.29) is 0 Å². The van der Waals surface area contributed by atoms with Crippen LogP contribution >= 0.6 is 0 Å². The minimum absolute atomic E-state index is 0.558. The largest absolute Gasteiger partial charge is 0.478 e. The number of nitrogens with zero attached hydrogens (tertiary/aromatic N) is 2. The summed E-state index contributed by atoms with van der Waals surface area (Å²) in [6, 6.07) is 3.60. The molecular formula is C14H20N2O4. The molecule has 0 radical (unpaired) electrons. The number of hydrogen-bond donors (Lipinski definition) is 1. The minimum atomic E-state index is -0.986. The first-order chi connectivity index (χ1) is 9.69. The van der Waals surface area contributed by atoms with Gasteiger partial charge in [-0.15, -0.1) is 0 Å². The normalized spacial score (nSPS) is 10.9. The Morgan fingerprint density at radius 1 is 1.35 bits per heavy atom. The van der Waals surface area contributed by atoms with Crippen molar-refractivity contribution in [2.24, 2.45) is 0 Å². The van der Waals surface area contributed by atoms with Gasteiger partial charge in [0.05, 0.1) is 13.2 Å². The Morgan fingerprint density at radius 3 is 2.55 bits per heavy atom. The second-order valence-corrected chi connectivity index (χ2v) is 4.06. The van der Waals surface area contributed by atoms with Crippen LogP contribution in [0.15, 0.2) is 24.4 Å². The lowest BCUT2D eigenvalue weighted by Gasteiger charge is -2.24. The molecule has 0 spiro atoms. The Morgan fingerprint density at radius 2 is 2.00 bits per heavy atom. The van der Waals surface area contributed by atoms with Crippen molar-refractivity contribution in [3.05, 3.63) is 30.0 Å². The highest BCUT2D eigenvalue weighted by molar-refractivity contribution is 5.86. The van der Waals surface area contributed by atoms with Gasteiger partial charge in [0, 0.05) is 45.1 Å². The number of pyridine rings is 1. The van der Waals surface area contributed by atoms with Gasteiger partial charge >= 0.3 is 5.97 Å². The molecule has 0 fully saturated rings. The van der Waals surface area contributed by atoms with Crippen LogP contribution in [0.1, 0.15) is 5.56 Å². The third-order valence-electron chi connectivity index (χ3n) is 2.65. The van der Waals surface area contributed by atoms with E-state index in [0.29, 0.717) is 26.3 Å². The predicted octanol–water partition coefficient (Wildman–Crippen LogP) is 1.28. The molecular weight excluding hydrogens is 260 g/mol. The van der Waals surface area contributed by atoms with Gasteiger partial charge in [0.1, 0.15) is 5.82 Å². The second kappa shape index (κ2) is 9.06. The highest BCUT2D eigenvalue weighted by Gasteiger charge is 2.11. The van der Waals surface area contributed by atoms with Crippen molar-refractivity contribution in [3.8, 4) is 0 Å². The fourth-order valence-electron chi connectivity index (χ4n) is 1.69. The first kappa shape index (κ1) is 16.1. The summed E-state index contributed by atoms with van der Waals surface area (Å²) in [5, 5.41) is 8.73. The molecule has 0 aliphatic carbocycles. The molecule has 0 amide bonds. The number of methoxy groups -OCH3 is 2. The van der Waals surface area contributed by atoms with Gasteiger partial charge in [-0.1, -0.05) is 0 Å². The van der Waals surface area contributed by atoms with Gasteiger partial charge in [-0.25, -0.2) is 9.78 Å². The van der Waals surface area contributed by atoms with Crippen LogP contribution in [0, 0.1) is 0 Å². The van der Waals surface area contributed by atoms with Crippen LogP contribution in [0.5, 0.6) is 0 Å². The van der Waals surface area contributed by atoms with E-state index in [9.17, 15) is 4.79 Å². The Labute approximate surface area is 118 Å². The molecule has 1 rings (SSSR count). The number of anilines is 1. The van der Waals surface area contributed by atoms with Gasteiger partial charge in [0.2, 0.25) is 0 Å².